The summed E-state index contributed by atoms with van der Waals surface area (Å²) in [6, 6.07) is 4.21. The monoisotopic (exact) mass is 251 g/mol. The molecule has 0 atom stereocenters. The van der Waals surface area contributed by atoms with Gasteiger partial charge in [0.1, 0.15) is 18.2 Å². The minimum absolute atomic E-state index is 0.253. The summed E-state index contributed by atoms with van der Waals surface area (Å²) in [5.74, 6) is 5.36. The van der Waals surface area contributed by atoms with E-state index in [0.29, 0.717) is 17.9 Å². The van der Waals surface area contributed by atoms with Crippen molar-refractivity contribution in [1.29, 1.82) is 0 Å². The molecule has 0 spiro atoms. The summed E-state index contributed by atoms with van der Waals surface area (Å²) >= 11 is 0. The first-order valence-corrected chi connectivity index (χ1v) is 5.80. The molecule has 0 amide bonds. The lowest BCUT2D eigenvalue weighted by atomic mass is 10.2. The van der Waals surface area contributed by atoms with E-state index in [9.17, 15) is 4.39 Å². The Balaban J connectivity index is 2.63. The van der Waals surface area contributed by atoms with Crippen LogP contribution in [0.3, 0.4) is 0 Å². The van der Waals surface area contributed by atoms with Gasteiger partial charge in [-0.2, -0.15) is 0 Å². The molecule has 0 bridgehead atoms. The quantitative estimate of drug-likeness (QED) is 0.636. The topological polar surface area (TPSA) is 32.7 Å². The smallest absolute Gasteiger partial charge is 0.135 e. The van der Waals surface area contributed by atoms with Crippen molar-refractivity contribution in [2.24, 2.45) is 0 Å². The van der Waals surface area contributed by atoms with Crippen molar-refractivity contribution in [3.05, 3.63) is 29.6 Å². The lowest BCUT2D eigenvalue weighted by molar-refractivity contribution is 0.280. The molecule has 0 radical (unpaired) electrons. The van der Waals surface area contributed by atoms with E-state index in [-0.39, 0.29) is 12.4 Å². The number of aliphatic hydroxyl groups is 1. The molecule has 1 rings (SSSR count). The first kappa shape index (κ1) is 14.5. The Labute approximate surface area is 107 Å². The molecular weight excluding hydrogens is 233 g/mol. The molecule has 0 saturated heterocycles. The van der Waals surface area contributed by atoms with Crippen LogP contribution in [0.1, 0.15) is 12.0 Å². The van der Waals surface area contributed by atoms with Gasteiger partial charge >= 0.3 is 0 Å². The molecule has 0 aromatic heterocycles. The maximum Gasteiger partial charge on any atom is 0.135 e. The van der Waals surface area contributed by atoms with E-state index in [1.807, 2.05) is 14.1 Å². The van der Waals surface area contributed by atoms with Crippen molar-refractivity contribution in [1.82, 2.24) is 4.90 Å². The molecule has 0 unspecified atom stereocenters. The largest absolute Gasteiger partial charge is 0.492 e. The third-order valence-electron chi connectivity index (χ3n) is 2.25. The number of hydrogen-bond acceptors (Lipinski definition) is 3. The normalized spacial score (nSPS) is 10.1. The minimum atomic E-state index is -0.363. The highest BCUT2D eigenvalue weighted by molar-refractivity contribution is 5.46. The van der Waals surface area contributed by atoms with Crippen LogP contribution in [-0.4, -0.2) is 43.9 Å². The number of halogens is 1. The van der Waals surface area contributed by atoms with Gasteiger partial charge in [-0.3, -0.25) is 0 Å². The molecule has 0 heterocycles. The number of aliphatic hydroxyl groups excluding tert-OH is 1. The summed E-state index contributed by atoms with van der Waals surface area (Å²) in [4.78, 5) is 2.07. The molecule has 0 saturated carbocycles. The van der Waals surface area contributed by atoms with Crippen LogP contribution in [0.25, 0.3) is 0 Å². The van der Waals surface area contributed by atoms with Crippen LogP contribution >= 0.6 is 0 Å². The average Bonchev–Trinajstić information content (AvgIpc) is 2.33. The summed E-state index contributed by atoms with van der Waals surface area (Å²) in [5, 5.41) is 8.65. The second-order valence-corrected chi connectivity index (χ2v) is 4.11. The van der Waals surface area contributed by atoms with E-state index in [4.69, 9.17) is 9.84 Å². The maximum atomic E-state index is 13.1. The molecule has 1 aromatic carbocycles. The van der Waals surface area contributed by atoms with Crippen molar-refractivity contribution in [2.45, 2.75) is 6.42 Å². The Kier molecular flexibility index (Phi) is 6.20. The molecule has 1 aromatic rings. The zero-order valence-electron chi connectivity index (χ0n) is 10.7. The Morgan fingerprint density at radius 3 is 2.83 bits per heavy atom. The molecule has 0 aliphatic heterocycles. The van der Waals surface area contributed by atoms with Gasteiger partial charge < -0.3 is 14.7 Å². The number of rotatable bonds is 5. The first-order valence-electron chi connectivity index (χ1n) is 5.80. The standard InChI is InChI=1S/C14H18FNO2/c1-16(2)8-4-10-18-14-7-6-13(15)11-12(14)5-3-9-17/h6-7,11,17H,4,8-10H2,1-2H3. The lowest BCUT2D eigenvalue weighted by Gasteiger charge is -2.11. The lowest BCUT2D eigenvalue weighted by Crippen LogP contribution is -2.15. The molecule has 98 valence electrons. The highest BCUT2D eigenvalue weighted by atomic mass is 19.1. The summed E-state index contributed by atoms with van der Waals surface area (Å²) in [6.07, 6.45) is 0.886. The molecule has 0 aliphatic rings. The SMILES string of the molecule is CN(C)CCCOc1ccc(F)cc1C#CCO. The molecule has 18 heavy (non-hydrogen) atoms. The second-order valence-electron chi connectivity index (χ2n) is 4.11. The van der Waals surface area contributed by atoms with E-state index in [0.717, 1.165) is 13.0 Å². The fraction of sp³-hybridized carbons (Fsp3) is 0.429. The van der Waals surface area contributed by atoms with Crippen LogP contribution in [0.5, 0.6) is 5.75 Å². The summed E-state index contributed by atoms with van der Waals surface area (Å²) < 4.78 is 18.6. The number of hydrogen-bond donors (Lipinski definition) is 1. The zero-order chi connectivity index (χ0) is 13.4. The van der Waals surface area contributed by atoms with Crippen molar-refractivity contribution in [3.8, 4) is 17.6 Å². The van der Waals surface area contributed by atoms with Crippen LogP contribution in [0, 0.1) is 17.7 Å². The van der Waals surface area contributed by atoms with Crippen molar-refractivity contribution in [2.75, 3.05) is 33.9 Å². The van der Waals surface area contributed by atoms with Crippen molar-refractivity contribution in [3.63, 3.8) is 0 Å². The van der Waals surface area contributed by atoms with E-state index in [2.05, 4.69) is 16.7 Å². The predicted octanol–water partition coefficient (Wildman–Crippen LogP) is 1.50. The Morgan fingerprint density at radius 2 is 2.17 bits per heavy atom. The predicted molar refractivity (Wildman–Crippen MR) is 69.0 cm³/mol. The van der Waals surface area contributed by atoms with E-state index in [1.54, 1.807) is 6.07 Å². The van der Waals surface area contributed by atoms with Gasteiger partial charge in [0.2, 0.25) is 0 Å². The fourth-order valence-electron chi connectivity index (χ4n) is 1.42. The van der Waals surface area contributed by atoms with Crippen LogP contribution in [0.15, 0.2) is 18.2 Å². The number of nitrogens with zero attached hydrogens (tertiary/aromatic N) is 1. The van der Waals surface area contributed by atoms with E-state index >= 15 is 0 Å². The van der Waals surface area contributed by atoms with E-state index < -0.39 is 0 Å². The second kappa shape index (κ2) is 7.70. The highest BCUT2D eigenvalue weighted by Crippen LogP contribution is 2.18. The Hall–Kier alpha value is -1.57. The average molecular weight is 251 g/mol. The first-order chi connectivity index (χ1) is 8.63. The summed E-state index contributed by atoms with van der Waals surface area (Å²) in [7, 11) is 3.99. The van der Waals surface area contributed by atoms with Gasteiger partial charge in [-0.25, -0.2) is 4.39 Å². The molecule has 0 aliphatic carbocycles. The van der Waals surface area contributed by atoms with Gasteiger partial charge in [0.25, 0.3) is 0 Å². The third-order valence-corrected chi connectivity index (χ3v) is 2.25. The van der Waals surface area contributed by atoms with Crippen LogP contribution in [-0.2, 0) is 0 Å². The van der Waals surface area contributed by atoms with Gasteiger partial charge in [0, 0.05) is 6.54 Å². The minimum Gasteiger partial charge on any atom is -0.492 e. The van der Waals surface area contributed by atoms with Crippen molar-refractivity contribution >= 4 is 0 Å². The molecule has 0 fully saturated rings. The van der Waals surface area contributed by atoms with Crippen LogP contribution in [0.4, 0.5) is 4.39 Å². The zero-order valence-corrected chi connectivity index (χ0v) is 10.7. The van der Waals surface area contributed by atoms with Gasteiger partial charge in [-0.15, -0.1) is 0 Å². The number of benzene rings is 1. The van der Waals surface area contributed by atoms with Gasteiger partial charge in [-0.05, 0) is 38.7 Å². The highest BCUT2D eigenvalue weighted by Gasteiger charge is 2.03. The third kappa shape index (κ3) is 5.17. The van der Waals surface area contributed by atoms with Gasteiger partial charge in [0.05, 0.1) is 12.2 Å². The van der Waals surface area contributed by atoms with Crippen molar-refractivity contribution < 1.29 is 14.2 Å². The maximum absolute atomic E-state index is 13.1. The van der Waals surface area contributed by atoms with Crippen LogP contribution < -0.4 is 4.74 Å². The molecular formula is C14H18FNO2. The molecule has 3 nitrogen and oxygen atoms in total. The van der Waals surface area contributed by atoms with Gasteiger partial charge in [-0.1, -0.05) is 11.8 Å². The van der Waals surface area contributed by atoms with Crippen LogP contribution in [0.2, 0.25) is 0 Å². The number of ether oxygens (including phenoxy) is 1. The Morgan fingerprint density at radius 1 is 1.39 bits per heavy atom. The fourth-order valence-corrected chi connectivity index (χ4v) is 1.42. The Bertz CT molecular complexity index is 435. The molecule has 4 heteroatoms. The summed E-state index contributed by atoms with van der Waals surface area (Å²) in [6.45, 7) is 1.23. The summed E-state index contributed by atoms with van der Waals surface area (Å²) in [5.41, 5.74) is 0.467. The molecule has 1 N–H and O–H groups in total. The van der Waals surface area contributed by atoms with Gasteiger partial charge in [0.15, 0.2) is 0 Å². The van der Waals surface area contributed by atoms with E-state index in [1.165, 1.54) is 12.1 Å².